The molecule has 0 saturated carbocycles. The van der Waals surface area contributed by atoms with Gasteiger partial charge in [0.1, 0.15) is 12.4 Å². The molecule has 20 heavy (non-hydrogen) atoms. The molecule has 114 valence electrons. The summed E-state index contributed by atoms with van der Waals surface area (Å²) >= 11 is 0. The molecule has 3 nitrogen and oxygen atoms in total. The van der Waals surface area contributed by atoms with Crippen molar-refractivity contribution in [2.45, 2.75) is 13.3 Å². The first-order valence-corrected chi connectivity index (χ1v) is 7.80. The molecule has 0 spiro atoms. The number of rotatable bonds is 7. The van der Waals surface area contributed by atoms with E-state index in [1.54, 1.807) is 6.92 Å². The maximum Gasteiger partial charge on any atom is 0.512 e. The van der Waals surface area contributed by atoms with Gasteiger partial charge in [0.15, 0.2) is 9.84 Å². The third kappa shape index (κ3) is 5.03. The van der Waals surface area contributed by atoms with Crippen molar-refractivity contribution >= 4 is 22.3 Å². The zero-order valence-corrected chi connectivity index (χ0v) is 11.6. The standard InChI is InChI=1S/C11H14BF4O3S/c1-2-6-20(17,18)7-5-19-9-3-4-10(11(13)8-9)12(14,15)16/h3-4,8H,2,5-7H2,1H3/q-1. The zero-order chi connectivity index (χ0) is 15.4. The minimum Gasteiger partial charge on any atom is -0.492 e. The van der Waals surface area contributed by atoms with Gasteiger partial charge in [0.2, 0.25) is 0 Å². The Morgan fingerprint density at radius 2 is 1.85 bits per heavy atom. The van der Waals surface area contributed by atoms with Gasteiger partial charge in [0.25, 0.3) is 0 Å². The second kappa shape index (κ2) is 6.47. The molecule has 0 aliphatic carbocycles. The predicted molar refractivity (Wildman–Crippen MR) is 69.6 cm³/mol. The van der Waals surface area contributed by atoms with Gasteiger partial charge in [-0.15, -0.1) is 0 Å². The summed E-state index contributed by atoms with van der Waals surface area (Å²) in [6.07, 6.45) is 0.472. The van der Waals surface area contributed by atoms with Crippen LogP contribution in [-0.4, -0.2) is 33.5 Å². The molecule has 0 bridgehead atoms. The third-order valence-corrected chi connectivity index (χ3v) is 4.32. The van der Waals surface area contributed by atoms with Gasteiger partial charge in [-0.25, -0.2) is 12.8 Å². The van der Waals surface area contributed by atoms with Crippen LogP contribution < -0.4 is 10.2 Å². The van der Waals surface area contributed by atoms with Crippen LogP contribution in [0.5, 0.6) is 5.75 Å². The lowest BCUT2D eigenvalue weighted by molar-refractivity contribution is 0.339. The van der Waals surface area contributed by atoms with Gasteiger partial charge >= 0.3 is 6.98 Å². The number of hydrogen-bond acceptors (Lipinski definition) is 3. The van der Waals surface area contributed by atoms with E-state index in [1.807, 2.05) is 0 Å². The van der Waals surface area contributed by atoms with Gasteiger partial charge in [0.05, 0.1) is 17.3 Å². The molecule has 1 aromatic carbocycles. The molecular weight excluding hydrogens is 299 g/mol. The van der Waals surface area contributed by atoms with Crippen molar-refractivity contribution in [3.8, 4) is 5.75 Å². The number of benzene rings is 1. The molecule has 1 aromatic rings. The fourth-order valence-electron chi connectivity index (χ4n) is 1.56. The summed E-state index contributed by atoms with van der Waals surface area (Å²) in [5.41, 5.74) is -1.32. The first-order chi connectivity index (χ1) is 9.15. The fraction of sp³-hybridized carbons (Fsp3) is 0.455. The number of hydrogen-bond donors (Lipinski definition) is 0. The Bertz CT molecular complexity index is 557. The van der Waals surface area contributed by atoms with E-state index in [9.17, 15) is 25.8 Å². The number of sulfone groups is 1. The second-order valence-corrected chi connectivity index (χ2v) is 6.56. The lowest BCUT2D eigenvalue weighted by Crippen LogP contribution is -2.36. The van der Waals surface area contributed by atoms with Crippen LogP contribution in [0, 0.1) is 5.82 Å². The summed E-state index contributed by atoms with van der Waals surface area (Å²) in [5, 5.41) is 0. The molecule has 0 fully saturated rings. The summed E-state index contributed by atoms with van der Waals surface area (Å²) < 4.78 is 78.1. The second-order valence-electron chi connectivity index (χ2n) is 4.26. The molecule has 0 atom stereocenters. The van der Waals surface area contributed by atoms with E-state index < -0.39 is 28.1 Å². The Balaban J connectivity index is 2.65. The van der Waals surface area contributed by atoms with Gasteiger partial charge in [-0.05, 0) is 12.5 Å². The minimum absolute atomic E-state index is 0.0141. The molecule has 0 saturated heterocycles. The Kier molecular flexibility index (Phi) is 5.44. The minimum atomic E-state index is -5.41. The highest BCUT2D eigenvalue weighted by atomic mass is 32.2. The smallest absolute Gasteiger partial charge is 0.492 e. The largest absolute Gasteiger partial charge is 0.512 e. The SMILES string of the molecule is CCCS(=O)(=O)CCOc1ccc([B-](F)(F)F)c(F)c1. The van der Waals surface area contributed by atoms with Gasteiger partial charge in [-0.1, -0.05) is 18.5 Å². The van der Waals surface area contributed by atoms with Crippen LogP contribution >= 0.6 is 0 Å². The molecule has 0 aromatic heterocycles. The Morgan fingerprint density at radius 1 is 1.20 bits per heavy atom. The Morgan fingerprint density at radius 3 is 2.35 bits per heavy atom. The quantitative estimate of drug-likeness (QED) is 0.572. The summed E-state index contributed by atoms with van der Waals surface area (Å²) in [6, 6.07) is 2.17. The van der Waals surface area contributed by atoms with Crippen LogP contribution in [0.4, 0.5) is 17.3 Å². The molecule has 9 heteroatoms. The molecule has 0 amide bonds. The van der Waals surface area contributed by atoms with Crippen LogP contribution in [0.2, 0.25) is 0 Å². The van der Waals surface area contributed by atoms with E-state index in [-0.39, 0.29) is 23.9 Å². The zero-order valence-electron chi connectivity index (χ0n) is 10.8. The normalized spacial score (nSPS) is 12.4. The maximum absolute atomic E-state index is 13.2. The molecule has 0 aliphatic rings. The molecule has 0 heterocycles. The van der Waals surface area contributed by atoms with Gasteiger partial charge in [0, 0.05) is 6.07 Å². The van der Waals surface area contributed by atoms with Crippen molar-refractivity contribution in [2.75, 3.05) is 18.1 Å². The highest BCUT2D eigenvalue weighted by Crippen LogP contribution is 2.17. The van der Waals surface area contributed by atoms with Crippen LogP contribution in [0.25, 0.3) is 0 Å². The number of halogens is 4. The maximum atomic E-state index is 13.2. The molecular formula is C11H14BF4O3S-. The summed E-state index contributed by atoms with van der Waals surface area (Å²) in [4.78, 5) is 0. The van der Waals surface area contributed by atoms with Gasteiger partial charge in [-0.3, -0.25) is 0 Å². The predicted octanol–water partition coefficient (Wildman–Crippen LogP) is 2.08. The van der Waals surface area contributed by atoms with Crippen LogP contribution in [0.1, 0.15) is 13.3 Å². The average molecular weight is 313 g/mol. The fourth-order valence-corrected chi connectivity index (χ4v) is 2.73. The van der Waals surface area contributed by atoms with Gasteiger partial charge < -0.3 is 17.7 Å². The summed E-state index contributed by atoms with van der Waals surface area (Å²) in [5.74, 6) is -1.79. The number of ether oxygens (including phenoxy) is 1. The van der Waals surface area contributed by atoms with Crippen LogP contribution in [0.3, 0.4) is 0 Å². The first-order valence-electron chi connectivity index (χ1n) is 5.98. The Hall–Kier alpha value is -1.25. The highest BCUT2D eigenvalue weighted by Gasteiger charge is 2.28. The van der Waals surface area contributed by atoms with Crippen LogP contribution in [-0.2, 0) is 9.84 Å². The van der Waals surface area contributed by atoms with E-state index >= 15 is 0 Å². The topological polar surface area (TPSA) is 43.4 Å². The van der Waals surface area contributed by atoms with E-state index in [0.717, 1.165) is 6.07 Å². The summed E-state index contributed by atoms with van der Waals surface area (Å²) in [6.45, 7) is -3.92. The highest BCUT2D eigenvalue weighted by molar-refractivity contribution is 7.91. The average Bonchev–Trinajstić information content (AvgIpc) is 2.26. The lowest BCUT2D eigenvalue weighted by atomic mass is 9.80. The van der Waals surface area contributed by atoms with Crippen molar-refractivity contribution in [3.05, 3.63) is 24.0 Å². The molecule has 0 aliphatic heterocycles. The van der Waals surface area contributed by atoms with Crippen molar-refractivity contribution in [1.82, 2.24) is 0 Å². The van der Waals surface area contributed by atoms with Crippen molar-refractivity contribution in [3.63, 3.8) is 0 Å². The van der Waals surface area contributed by atoms with E-state index in [0.29, 0.717) is 18.6 Å². The van der Waals surface area contributed by atoms with E-state index in [4.69, 9.17) is 4.74 Å². The van der Waals surface area contributed by atoms with Gasteiger partial charge in [-0.2, -0.15) is 0 Å². The van der Waals surface area contributed by atoms with Crippen LogP contribution in [0.15, 0.2) is 18.2 Å². The monoisotopic (exact) mass is 313 g/mol. The van der Waals surface area contributed by atoms with Crippen molar-refractivity contribution < 1.29 is 30.5 Å². The van der Waals surface area contributed by atoms with E-state index in [2.05, 4.69) is 0 Å². The molecule has 1 rings (SSSR count). The van der Waals surface area contributed by atoms with Crippen molar-refractivity contribution in [1.29, 1.82) is 0 Å². The third-order valence-electron chi connectivity index (χ3n) is 2.50. The first kappa shape index (κ1) is 16.8. The molecule has 0 unspecified atom stereocenters. The molecule has 0 radical (unpaired) electrons. The lowest BCUT2D eigenvalue weighted by Gasteiger charge is -2.16. The molecule has 0 N–H and O–H groups in total. The Labute approximate surface area is 114 Å². The summed E-state index contributed by atoms with van der Waals surface area (Å²) in [7, 11) is -3.24. The van der Waals surface area contributed by atoms with Crippen molar-refractivity contribution in [2.24, 2.45) is 0 Å². The van der Waals surface area contributed by atoms with E-state index in [1.165, 1.54) is 0 Å².